The summed E-state index contributed by atoms with van der Waals surface area (Å²) in [5.74, 6) is -1.85. The molecule has 2 atom stereocenters. The number of nitrogens with two attached hydrogens (primary N) is 1. The molecule has 9 nitrogen and oxygen atoms in total. The lowest BCUT2D eigenvalue weighted by Crippen LogP contribution is -2.51. The van der Waals surface area contributed by atoms with Crippen LogP contribution in [0.4, 0.5) is 0 Å². The van der Waals surface area contributed by atoms with Crippen molar-refractivity contribution < 1.29 is 24.0 Å². The molecule has 25 heavy (non-hydrogen) atoms. The van der Waals surface area contributed by atoms with Gasteiger partial charge in [-0.3, -0.25) is 24.0 Å². The number of hydrogen-bond acceptors (Lipinski definition) is 5. The van der Waals surface area contributed by atoms with Crippen molar-refractivity contribution in [2.75, 3.05) is 6.54 Å². The van der Waals surface area contributed by atoms with E-state index in [1.165, 1.54) is 20.8 Å². The third-order valence-corrected chi connectivity index (χ3v) is 3.47. The molecule has 0 spiro atoms. The van der Waals surface area contributed by atoms with E-state index in [9.17, 15) is 24.0 Å². The van der Waals surface area contributed by atoms with Crippen LogP contribution in [0.15, 0.2) is 0 Å². The number of carbonyl (C=O) groups excluding carboxylic acids is 5. The summed E-state index contributed by atoms with van der Waals surface area (Å²) in [5, 5.41) is 7.71. The number of ketones is 1. The van der Waals surface area contributed by atoms with Crippen molar-refractivity contribution in [1.29, 1.82) is 0 Å². The molecule has 0 fully saturated rings. The average Bonchev–Trinajstić information content (AvgIpc) is 2.48. The van der Waals surface area contributed by atoms with Crippen molar-refractivity contribution in [2.24, 2.45) is 5.73 Å². The van der Waals surface area contributed by atoms with Crippen LogP contribution in [-0.4, -0.2) is 48.0 Å². The largest absolute Gasteiger partial charge is 0.370 e. The highest BCUT2D eigenvalue weighted by atomic mass is 16.2. The van der Waals surface area contributed by atoms with Crippen molar-refractivity contribution in [2.45, 2.75) is 65.0 Å². The van der Waals surface area contributed by atoms with E-state index in [-0.39, 0.29) is 24.5 Å². The number of Topliss-reactive ketones (excluding diaryl/α,β-unsaturated/α-hetero) is 1. The van der Waals surface area contributed by atoms with Crippen LogP contribution in [0.2, 0.25) is 0 Å². The van der Waals surface area contributed by atoms with E-state index in [2.05, 4.69) is 16.0 Å². The van der Waals surface area contributed by atoms with Crippen LogP contribution >= 0.6 is 0 Å². The first-order valence-corrected chi connectivity index (χ1v) is 8.24. The van der Waals surface area contributed by atoms with Gasteiger partial charge in [-0.25, -0.2) is 0 Å². The lowest BCUT2D eigenvalue weighted by Gasteiger charge is -2.21. The van der Waals surface area contributed by atoms with E-state index in [1.807, 2.05) is 0 Å². The Balaban J connectivity index is 4.59. The van der Waals surface area contributed by atoms with Gasteiger partial charge in [0.1, 0.15) is 6.04 Å². The normalized spacial score (nSPS) is 12.6. The summed E-state index contributed by atoms with van der Waals surface area (Å²) in [6.45, 7) is 4.55. The molecule has 5 N–H and O–H groups in total. The number of rotatable bonds is 12. The van der Waals surface area contributed by atoms with E-state index < -0.39 is 29.8 Å². The zero-order chi connectivity index (χ0) is 19.4. The van der Waals surface area contributed by atoms with Gasteiger partial charge in [0.05, 0.1) is 6.04 Å². The van der Waals surface area contributed by atoms with Gasteiger partial charge in [0.15, 0.2) is 5.78 Å². The Morgan fingerprint density at radius 1 is 0.840 bits per heavy atom. The molecule has 0 saturated carbocycles. The summed E-state index contributed by atoms with van der Waals surface area (Å²) in [7, 11) is 0. The summed E-state index contributed by atoms with van der Waals surface area (Å²) in [6.07, 6.45) is 1.74. The topological polar surface area (TPSA) is 147 Å². The smallest absolute Gasteiger partial charge is 0.243 e. The quantitative estimate of drug-likeness (QED) is 0.336. The van der Waals surface area contributed by atoms with Crippen LogP contribution in [0.25, 0.3) is 0 Å². The van der Waals surface area contributed by atoms with Gasteiger partial charge in [-0.15, -0.1) is 0 Å². The van der Waals surface area contributed by atoms with Crippen molar-refractivity contribution >= 4 is 29.4 Å². The van der Waals surface area contributed by atoms with E-state index in [0.29, 0.717) is 25.8 Å². The second-order valence-electron chi connectivity index (χ2n) is 5.91. The molecule has 0 bridgehead atoms. The molecule has 0 aromatic carbocycles. The number of unbranched alkanes of at least 4 members (excludes halogenated alkanes) is 1. The fraction of sp³-hybridized carbons (Fsp3) is 0.688. The van der Waals surface area contributed by atoms with Crippen LogP contribution < -0.4 is 21.7 Å². The Morgan fingerprint density at radius 3 is 1.96 bits per heavy atom. The minimum Gasteiger partial charge on any atom is -0.370 e. The molecule has 142 valence electrons. The van der Waals surface area contributed by atoms with Gasteiger partial charge < -0.3 is 21.7 Å². The van der Waals surface area contributed by atoms with Crippen molar-refractivity contribution in [1.82, 2.24) is 16.0 Å². The first-order valence-electron chi connectivity index (χ1n) is 8.24. The minimum atomic E-state index is -0.925. The van der Waals surface area contributed by atoms with Crippen molar-refractivity contribution in [3.8, 4) is 0 Å². The molecule has 0 rings (SSSR count). The summed E-state index contributed by atoms with van der Waals surface area (Å²) in [5.41, 5.74) is 5.07. The summed E-state index contributed by atoms with van der Waals surface area (Å²) < 4.78 is 0. The maximum absolute atomic E-state index is 12.3. The fourth-order valence-corrected chi connectivity index (χ4v) is 2.19. The SMILES string of the molecule is CC(=O)NCCCC[C@H](NC(=O)[C@H](CCC(N)=O)NC(C)=O)C(C)=O. The molecular weight excluding hydrogens is 328 g/mol. The van der Waals surface area contributed by atoms with Gasteiger partial charge in [-0.2, -0.15) is 0 Å². The van der Waals surface area contributed by atoms with Crippen LogP contribution in [0.3, 0.4) is 0 Å². The molecule has 0 aliphatic heterocycles. The lowest BCUT2D eigenvalue weighted by molar-refractivity contribution is -0.131. The zero-order valence-corrected chi connectivity index (χ0v) is 15.0. The molecule has 0 aliphatic carbocycles. The van der Waals surface area contributed by atoms with Gasteiger partial charge in [0.2, 0.25) is 23.6 Å². The second-order valence-corrected chi connectivity index (χ2v) is 5.91. The molecule has 0 heterocycles. The molecule has 0 aromatic heterocycles. The highest BCUT2D eigenvalue weighted by Crippen LogP contribution is 2.05. The summed E-state index contributed by atoms with van der Waals surface area (Å²) in [6, 6.07) is -1.61. The zero-order valence-electron chi connectivity index (χ0n) is 15.0. The molecule has 0 saturated heterocycles. The third-order valence-electron chi connectivity index (χ3n) is 3.47. The molecule has 0 aliphatic rings. The fourth-order valence-electron chi connectivity index (χ4n) is 2.19. The highest BCUT2D eigenvalue weighted by molar-refractivity contribution is 5.92. The van der Waals surface area contributed by atoms with Crippen LogP contribution in [0.1, 0.15) is 52.9 Å². The lowest BCUT2D eigenvalue weighted by atomic mass is 10.0. The summed E-state index contributed by atoms with van der Waals surface area (Å²) >= 11 is 0. The Labute approximate surface area is 147 Å². The van der Waals surface area contributed by atoms with Gasteiger partial charge in [0, 0.05) is 26.8 Å². The molecule has 9 heteroatoms. The highest BCUT2D eigenvalue weighted by Gasteiger charge is 2.24. The van der Waals surface area contributed by atoms with Crippen LogP contribution in [-0.2, 0) is 24.0 Å². The third kappa shape index (κ3) is 11.7. The van der Waals surface area contributed by atoms with Gasteiger partial charge in [-0.05, 0) is 32.6 Å². The molecule has 4 amide bonds. The van der Waals surface area contributed by atoms with Gasteiger partial charge in [0.25, 0.3) is 0 Å². The van der Waals surface area contributed by atoms with E-state index in [1.54, 1.807) is 0 Å². The predicted molar refractivity (Wildman–Crippen MR) is 91.2 cm³/mol. The Hall–Kier alpha value is -2.45. The number of hydrogen-bond donors (Lipinski definition) is 4. The Bertz CT molecular complexity index is 507. The van der Waals surface area contributed by atoms with Crippen LogP contribution in [0, 0.1) is 0 Å². The first kappa shape index (κ1) is 22.6. The number of primary amides is 1. The van der Waals surface area contributed by atoms with E-state index >= 15 is 0 Å². The maximum atomic E-state index is 12.3. The predicted octanol–water partition coefficient (Wildman–Crippen LogP) is -0.863. The molecule has 0 aromatic rings. The van der Waals surface area contributed by atoms with Crippen molar-refractivity contribution in [3.05, 3.63) is 0 Å². The second kappa shape index (κ2) is 12.0. The summed E-state index contributed by atoms with van der Waals surface area (Å²) in [4.78, 5) is 56.9. The molecule has 0 radical (unpaired) electrons. The number of amides is 4. The van der Waals surface area contributed by atoms with Gasteiger partial charge >= 0.3 is 0 Å². The standard InChI is InChI=1S/C16H28N4O5/c1-10(21)13(6-4-5-9-18-11(2)22)20-16(25)14(19-12(3)23)7-8-15(17)24/h13-14H,4-9H2,1-3H3,(H2,17,24)(H,18,22)(H,19,23)(H,20,25)/t13-,14-/m0/s1. The van der Waals surface area contributed by atoms with Crippen molar-refractivity contribution in [3.63, 3.8) is 0 Å². The van der Waals surface area contributed by atoms with E-state index in [0.717, 1.165) is 0 Å². The first-order chi connectivity index (χ1) is 11.6. The molecule has 0 unspecified atom stereocenters. The van der Waals surface area contributed by atoms with E-state index in [4.69, 9.17) is 5.73 Å². The molecular formula is C16H28N4O5. The Morgan fingerprint density at radius 2 is 1.48 bits per heavy atom. The Kier molecular flexibility index (Phi) is 10.8. The number of carbonyl (C=O) groups is 5. The average molecular weight is 356 g/mol. The van der Waals surface area contributed by atoms with Gasteiger partial charge in [-0.1, -0.05) is 0 Å². The minimum absolute atomic E-state index is 0.0557. The maximum Gasteiger partial charge on any atom is 0.243 e. The number of nitrogens with one attached hydrogen (secondary N) is 3. The van der Waals surface area contributed by atoms with Crippen LogP contribution in [0.5, 0.6) is 0 Å². The monoisotopic (exact) mass is 356 g/mol.